The van der Waals surface area contributed by atoms with Crippen LogP contribution in [-0.2, 0) is 6.54 Å². The van der Waals surface area contributed by atoms with Gasteiger partial charge in [0.2, 0.25) is 0 Å². The fourth-order valence-corrected chi connectivity index (χ4v) is 4.25. The Morgan fingerprint density at radius 1 is 0.839 bits per heavy atom. The lowest BCUT2D eigenvalue weighted by atomic mass is 9.96. The van der Waals surface area contributed by atoms with Crippen molar-refractivity contribution in [2.75, 3.05) is 13.2 Å². The number of benzene rings is 3. The van der Waals surface area contributed by atoms with E-state index < -0.39 is 6.67 Å². The largest absolute Gasteiger partial charge is 0.286 e. The van der Waals surface area contributed by atoms with E-state index in [1.54, 1.807) is 10.9 Å². The van der Waals surface area contributed by atoms with Gasteiger partial charge >= 0.3 is 0 Å². The van der Waals surface area contributed by atoms with Crippen molar-refractivity contribution in [1.82, 2.24) is 14.7 Å². The predicted octanol–water partition coefficient (Wildman–Crippen LogP) is 6.45. The van der Waals surface area contributed by atoms with Crippen molar-refractivity contribution >= 4 is 15.9 Å². The molecule has 3 nitrogen and oxygen atoms in total. The zero-order valence-electron chi connectivity index (χ0n) is 17.2. The van der Waals surface area contributed by atoms with Gasteiger partial charge in [0.05, 0.1) is 22.8 Å². The number of aromatic nitrogens is 2. The summed E-state index contributed by atoms with van der Waals surface area (Å²) in [6, 6.07) is 30.8. The molecule has 4 rings (SSSR count). The molecule has 1 aromatic heterocycles. The van der Waals surface area contributed by atoms with Gasteiger partial charge < -0.3 is 0 Å². The van der Waals surface area contributed by atoms with Crippen molar-refractivity contribution in [2.45, 2.75) is 18.6 Å². The zero-order chi connectivity index (χ0) is 21.5. The Morgan fingerprint density at radius 2 is 1.39 bits per heavy atom. The van der Waals surface area contributed by atoms with E-state index in [0.29, 0.717) is 13.1 Å². The first kappa shape index (κ1) is 21.5. The van der Waals surface area contributed by atoms with Crippen molar-refractivity contribution in [1.29, 1.82) is 0 Å². The van der Waals surface area contributed by atoms with Gasteiger partial charge in [-0.05, 0) is 32.6 Å². The molecular weight excluding hydrogens is 453 g/mol. The minimum Gasteiger partial charge on any atom is -0.286 e. The highest BCUT2D eigenvalue weighted by molar-refractivity contribution is 9.10. The van der Waals surface area contributed by atoms with Gasteiger partial charge in [-0.3, -0.25) is 9.58 Å². The van der Waals surface area contributed by atoms with Crippen LogP contribution in [0.3, 0.4) is 0 Å². The molecule has 0 aliphatic carbocycles. The summed E-state index contributed by atoms with van der Waals surface area (Å²) in [5.41, 5.74) is 3.56. The number of rotatable bonds is 9. The fraction of sp³-hybridized carbons (Fsp3) is 0.192. The van der Waals surface area contributed by atoms with Gasteiger partial charge in [0, 0.05) is 19.3 Å². The van der Waals surface area contributed by atoms with Crippen molar-refractivity contribution in [3.63, 3.8) is 0 Å². The second kappa shape index (κ2) is 10.5. The molecule has 0 fully saturated rings. The van der Waals surface area contributed by atoms with Gasteiger partial charge in [-0.25, -0.2) is 4.39 Å². The van der Waals surface area contributed by atoms with Crippen molar-refractivity contribution in [2.24, 2.45) is 0 Å². The van der Waals surface area contributed by atoms with E-state index in [1.807, 2.05) is 36.5 Å². The molecule has 31 heavy (non-hydrogen) atoms. The Morgan fingerprint density at radius 3 is 1.87 bits per heavy atom. The summed E-state index contributed by atoms with van der Waals surface area (Å²) in [5, 5.41) is 4.35. The van der Waals surface area contributed by atoms with Crippen LogP contribution in [-0.4, -0.2) is 27.9 Å². The minimum absolute atomic E-state index is 0.00402. The molecule has 0 aliphatic rings. The molecule has 0 spiro atoms. The molecule has 4 aromatic rings. The summed E-state index contributed by atoms with van der Waals surface area (Å²) in [6.07, 6.45) is 3.54. The summed E-state index contributed by atoms with van der Waals surface area (Å²) in [4.78, 5) is 2.35. The van der Waals surface area contributed by atoms with Gasteiger partial charge in [0.25, 0.3) is 0 Å². The van der Waals surface area contributed by atoms with Crippen LogP contribution in [0.15, 0.2) is 108 Å². The third kappa shape index (κ3) is 5.49. The highest BCUT2D eigenvalue weighted by atomic mass is 79.9. The molecule has 0 radical (unpaired) electrons. The summed E-state index contributed by atoms with van der Waals surface area (Å²) in [6.45, 7) is 0.734. The van der Waals surface area contributed by atoms with Crippen molar-refractivity contribution in [3.05, 3.63) is 125 Å². The van der Waals surface area contributed by atoms with Crippen LogP contribution in [0, 0.1) is 0 Å². The van der Waals surface area contributed by atoms with Crippen molar-refractivity contribution in [3.8, 4) is 0 Å². The summed E-state index contributed by atoms with van der Waals surface area (Å²) >= 11 is 3.43. The molecule has 158 valence electrons. The van der Waals surface area contributed by atoms with Gasteiger partial charge in [0.15, 0.2) is 0 Å². The molecule has 0 unspecified atom stereocenters. The molecule has 1 heterocycles. The third-order valence-electron chi connectivity index (χ3n) is 5.39. The first-order chi connectivity index (χ1) is 15.2. The van der Waals surface area contributed by atoms with E-state index in [-0.39, 0.29) is 12.1 Å². The molecule has 0 amide bonds. The summed E-state index contributed by atoms with van der Waals surface area (Å²) in [7, 11) is 0. The fourth-order valence-electron chi connectivity index (χ4n) is 3.95. The maximum absolute atomic E-state index is 14.2. The van der Waals surface area contributed by atoms with E-state index in [9.17, 15) is 4.39 Å². The molecule has 0 bridgehead atoms. The molecule has 0 saturated heterocycles. The van der Waals surface area contributed by atoms with Crippen LogP contribution in [0.2, 0.25) is 0 Å². The standard InChI is InChI=1S/C26H25BrFN3/c27-24-17-29-31(19-24)25(16-28)20-30(18-21-10-4-1-5-11-21)26(22-12-6-2-7-13-22)23-14-8-3-9-15-23/h1-15,17,19,25-26H,16,18,20H2/t25-/m1/s1. The molecule has 0 aliphatic heterocycles. The normalized spacial score (nSPS) is 12.4. The van der Waals surface area contributed by atoms with Gasteiger partial charge in [-0.1, -0.05) is 91.0 Å². The topological polar surface area (TPSA) is 21.1 Å². The lowest BCUT2D eigenvalue weighted by Crippen LogP contribution is -2.35. The maximum Gasteiger partial charge on any atom is 0.113 e. The molecule has 0 N–H and O–H groups in total. The number of halogens is 2. The number of nitrogens with zero attached hydrogens (tertiary/aromatic N) is 3. The molecule has 0 saturated carbocycles. The highest BCUT2D eigenvalue weighted by Crippen LogP contribution is 2.31. The monoisotopic (exact) mass is 477 g/mol. The van der Waals surface area contributed by atoms with E-state index >= 15 is 0 Å². The van der Waals surface area contributed by atoms with E-state index in [2.05, 4.69) is 86.6 Å². The third-order valence-corrected chi connectivity index (χ3v) is 5.80. The number of alkyl halides is 1. The van der Waals surface area contributed by atoms with Gasteiger partial charge in [-0.15, -0.1) is 0 Å². The molecule has 3 aromatic carbocycles. The quantitative estimate of drug-likeness (QED) is 0.276. The Bertz CT molecular complexity index is 1010. The van der Waals surface area contributed by atoms with Crippen molar-refractivity contribution < 1.29 is 4.39 Å². The summed E-state index contributed by atoms with van der Waals surface area (Å²) in [5.74, 6) is 0. The Hall–Kier alpha value is -2.76. The smallest absolute Gasteiger partial charge is 0.113 e. The predicted molar refractivity (Wildman–Crippen MR) is 127 cm³/mol. The lowest BCUT2D eigenvalue weighted by Gasteiger charge is -2.35. The maximum atomic E-state index is 14.2. The average molecular weight is 478 g/mol. The number of hydrogen-bond donors (Lipinski definition) is 0. The molecule has 1 atom stereocenters. The average Bonchev–Trinajstić information content (AvgIpc) is 3.25. The molecular formula is C26H25BrFN3. The van der Waals surface area contributed by atoms with Crippen LogP contribution in [0.5, 0.6) is 0 Å². The van der Waals surface area contributed by atoms with E-state index in [4.69, 9.17) is 0 Å². The van der Waals surface area contributed by atoms with Gasteiger partial charge in [-0.2, -0.15) is 5.10 Å². The van der Waals surface area contributed by atoms with Crippen LogP contribution in [0.25, 0.3) is 0 Å². The van der Waals surface area contributed by atoms with Crippen LogP contribution in [0.1, 0.15) is 28.8 Å². The lowest BCUT2D eigenvalue weighted by molar-refractivity contribution is 0.161. The first-order valence-corrected chi connectivity index (χ1v) is 11.2. The Balaban J connectivity index is 1.74. The SMILES string of the molecule is FC[C@H](CN(Cc1ccccc1)C(c1ccccc1)c1ccccc1)n1cc(Br)cn1. The minimum atomic E-state index is -0.490. The number of hydrogen-bond acceptors (Lipinski definition) is 2. The zero-order valence-corrected chi connectivity index (χ0v) is 18.8. The van der Waals surface area contributed by atoms with Crippen LogP contribution in [0.4, 0.5) is 4.39 Å². The van der Waals surface area contributed by atoms with Gasteiger partial charge in [0.1, 0.15) is 6.67 Å². The summed E-state index contributed by atoms with van der Waals surface area (Å²) < 4.78 is 16.8. The second-order valence-electron chi connectivity index (χ2n) is 7.59. The van der Waals surface area contributed by atoms with Crippen LogP contribution < -0.4 is 0 Å². The van der Waals surface area contributed by atoms with E-state index in [1.165, 1.54) is 16.7 Å². The second-order valence-corrected chi connectivity index (χ2v) is 8.50. The Labute approximate surface area is 191 Å². The highest BCUT2D eigenvalue weighted by Gasteiger charge is 2.26. The molecule has 5 heteroatoms. The first-order valence-electron chi connectivity index (χ1n) is 10.4. The van der Waals surface area contributed by atoms with Crippen LogP contribution >= 0.6 is 15.9 Å². The Kier molecular flexibility index (Phi) is 7.28. The van der Waals surface area contributed by atoms with E-state index in [0.717, 1.165) is 4.47 Å².